The molecule has 0 aliphatic rings. The molecule has 148 valence electrons. The number of nitro benzene ring substituents is 1. The van der Waals surface area contributed by atoms with Crippen LogP contribution in [0.15, 0.2) is 72.8 Å². The fraction of sp³-hybridized carbons (Fsp3) is 0.136. The lowest BCUT2D eigenvalue weighted by atomic mass is 10.1. The summed E-state index contributed by atoms with van der Waals surface area (Å²) in [6.07, 6.45) is 0.194. The van der Waals surface area contributed by atoms with Crippen molar-refractivity contribution in [2.24, 2.45) is 0 Å². The Bertz CT molecular complexity index is 1010. The molecule has 3 aromatic rings. The van der Waals surface area contributed by atoms with Crippen LogP contribution in [0.5, 0.6) is 0 Å². The first-order valence-corrected chi connectivity index (χ1v) is 9.07. The van der Waals surface area contributed by atoms with Crippen LogP contribution in [0.25, 0.3) is 0 Å². The van der Waals surface area contributed by atoms with E-state index in [0.717, 1.165) is 16.8 Å². The van der Waals surface area contributed by atoms with E-state index in [1.165, 1.54) is 18.2 Å². The molecule has 0 radical (unpaired) electrons. The first-order valence-electron chi connectivity index (χ1n) is 9.07. The Kier molecular flexibility index (Phi) is 6.52. The molecular weight excluding hydrogens is 373 g/mol. The van der Waals surface area contributed by atoms with Crippen LogP contribution in [0.3, 0.4) is 0 Å². The molecule has 6 nitrogen and oxygen atoms in total. The number of carbonyl (C=O) groups is 1. The molecule has 0 spiro atoms. The molecule has 0 heterocycles. The summed E-state index contributed by atoms with van der Waals surface area (Å²) in [6.45, 7) is 0.596. The lowest BCUT2D eigenvalue weighted by Crippen LogP contribution is -2.25. The van der Waals surface area contributed by atoms with Gasteiger partial charge in [-0.1, -0.05) is 42.5 Å². The molecule has 7 heteroatoms. The van der Waals surface area contributed by atoms with E-state index in [4.69, 9.17) is 0 Å². The number of nitrogens with one attached hydrogen (secondary N) is 2. The molecule has 0 saturated heterocycles. The minimum Gasteiger partial charge on any atom is -0.381 e. The number of amides is 1. The van der Waals surface area contributed by atoms with Crippen molar-refractivity contribution in [1.82, 2.24) is 5.32 Å². The van der Waals surface area contributed by atoms with Crippen molar-refractivity contribution in [2.45, 2.75) is 19.5 Å². The molecule has 0 aromatic heterocycles. The summed E-state index contributed by atoms with van der Waals surface area (Å²) < 4.78 is 13.6. The van der Waals surface area contributed by atoms with E-state index in [9.17, 15) is 19.3 Å². The van der Waals surface area contributed by atoms with E-state index in [2.05, 4.69) is 10.6 Å². The van der Waals surface area contributed by atoms with Crippen molar-refractivity contribution in [1.29, 1.82) is 0 Å². The van der Waals surface area contributed by atoms with Gasteiger partial charge in [0.15, 0.2) is 0 Å². The minimum absolute atomic E-state index is 0.0565. The second-order valence-electron chi connectivity index (χ2n) is 6.52. The molecule has 0 fully saturated rings. The average Bonchev–Trinajstić information content (AvgIpc) is 2.73. The molecule has 0 bridgehead atoms. The summed E-state index contributed by atoms with van der Waals surface area (Å²) in [6, 6.07) is 20.1. The van der Waals surface area contributed by atoms with Gasteiger partial charge in [0.05, 0.1) is 11.3 Å². The summed E-state index contributed by atoms with van der Waals surface area (Å²) in [4.78, 5) is 22.5. The van der Waals surface area contributed by atoms with Gasteiger partial charge in [-0.25, -0.2) is 4.39 Å². The predicted octanol–water partition coefficient (Wildman–Crippen LogP) is 4.20. The molecule has 0 saturated carbocycles. The third-order valence-corrected chi connectivity index (χ3v) is 4.37. The van der Waals surface area contributed by atoms with Crippen LogP contribution in [-0.4, -0.2) is 10.8 Å². The maximum absolute atomic E-state index is 13.6. The number of nitro groups is 1. The van der Waals surface area contributed by atoms with Gasteiger partial charge in [0.1, 0.15) is 5.82 Å². The van der Waals surface area contributed by atoms with Crippen LogP contribution >= 0.6 is 0 Å². The molecule has 3 aromatic carbocycles. The smallest absolute Gasteiger partial charge is 0.269 e. The van der Waals surface area contributed by atoms with Crippen molar-refractivity contribution >= 4 is 17.3 Å². The Morgan fingerprint density at radius 1 is 0.931 bits per heavy atom. The maximum atomic E-state index is 13.6. The first kappa shape index (κ1) is 20.0. The van der Waals surface area contributed by atoms with Crippen LogP contribution in [-0.2, 0) is 24.3 Å². The van der Waals surface area contributed by atoms with Gasteiger partial charge in [0.2, 0.25) is 5.91 Å². The molecule has 29 heavy (non-hydrogen) atoms. The van der Waals surface area contributed by atoms with Crippen molar-refractivity contribution in [2.75, 3.05) is 5.32 Å². The van der Waals surface area contributed by atoms with Crippen LogP contribution in [0.1, 0.15) is 16.7 Å². The van der Waals surface area contributed by atoms with E-state index in [-0.39, 0.29) is 30.4 Å². The van der Waals surface area contributed by atoms with Gasteiger partial charge < -0.3 is 10.6 Å². The zero-order valence-electron chi connectivity index (χ0n) is 15.6. The van der Waals surface area contributed by atoms with Gasteiger partial charge in [0.25, 0.3) is 5.69 Å². The summed E-state index contributed by atoms with van der Waals surface area (Å²) in [5.74, 6) is -0.530. The van der Waals surface area contributed by atoms with E-state index in [1.807, 2.05) is 30.3 Å². The Hall–Kier alpha value is -3.74. The van der Waals surface area contributed by atoms with Crippen molar-refractivity contribution in [3.05, 3.63) is 105 Å². The highest BCUT2D eigenvalue weighted by Gasteiger charge is 2.07. The number of carbonyl (C=O) groups excluding carboxylic acids is 1. The molecule has 0 aliphatic carbocycles. The van der Waals surface area contributed by atoms with E-state index in [1.54, 1.807) is 24.3 Å². The van der Waals surface area contributed by atoms with Gasteiger partial charge in [-0.3, -0.25) is 14.9 Å². The second-order valence-corrected chi connectivity index (χ2v) is 6.52. The lowest BCUT2D eigenvalue weighted by molar-refractivity contribution is -0.384. The Morgan fingerprint density at radius 2 is 1.69 bits per heavy atom. The molecule has 0 atom stereocenters. The summed E-state index contributed by atoms with van der Waals surface area (Å²) >= 11 is 0. The fourth-order valence-corrected chi connectivity index (χ4v) is 2.81. The van der Waals surface area contributed by atoms with Gasteiger partial charge in [-0.15, -0.1) is 0 Å². The number of benzene rings is 3. The number of rotatable bonds is 8. The summed E-state index contributed by atoms with van der Waals surface area (Å²) in [5.41, 5.74) is 2.97. The van der Waals surface area contributed by atoms with Gasteiger partial charge in [0, 0.05) is 36.5 Å². The van der Waals surface area contributed by atoms with Crippen molar-refractivity contribution in [3.63, 3.8) is 0 Å². The topological polar surface area (TPSA) is 84.3 Å². The SMILES string of the molecule is O=C(Cc1ccc(NCc2cccc([N+](=O)[O-])c2)cc1)NCc1ccccc1F. The van der Waals surface area contributed by atoms with E-state index in [0.29, 0.717) is 12.1 Å². The molecular formula is C22H20FN3O3. The second kappa shape index (κ2) is 9.45. The largest absolute Gasteiger partial charge is 0.381 e. The molecule has 0 aliphatic heterocycles. The number of halogens is 1. The van der Waals surface area contributed by atoms with Crippen LogP contribution < -0.4 is 10.6 Å². The monoisotopic (exact) mass is 393 g/mol. The molecule has 3 rings (SSSR count). The molecule has 2 N–H and O–H groups in total. The Morgan fingerprint density at radius 3 is 2.41 bits per heavy atom. The summed E-state index contributed by atoms with van der Waals surface area (Å²) in [5, 5.41) is 16.7. The average molecular weight is 393 g/mol. The van der Waals surface area contributed by atoms with E-state index >= 15 is 0 Å². The first-order chi connectivity index (χ1) is 14.0. The van der Waals surface area contributed by atoms with E-state index < -0.39 is 4.92 Å². The Labute approximate surface area is 167 Å². The van der Waals surface area contributed by atoms with Gasteiger partial charge in [-0.2, -0.15) is 0 Å². The molecule has 0 unspecified atom stereocenters. The number of hydrogen-bond donors (Lipinski definition) is 2. The third-order valence-electron chi connectivity index (χ3n) is 4.37. The van der Waals surface area contributed by atoms with Gasteiger partial charge in [-0.05, 0) is 29.3 Å². The van der Waals surface area contributed by atoms with Crippen LogP contribution in [0.4, 0.5) is 15.8 Å². The number of non-ortho nitro benzene ring substituents is 1. The summed E-state index contributed by atoms with van der Waals surface area (Å²) in [7, 11) is 0. The highest BCUT2D eigenvalue weighted by Crippen LogP contribution is 2.16. The highest BCUT2D eigenvalue weighted by molar-refractivity contribution is 5.78. The number of nitrogens with zero attached hydrogens (tertiary/aromatic N) is 1. The lowest BCUT2D eigenvalue weighted by Gasteiger charge is -2.09. The predicted molar refractivity (Wildman–Crippen MR) is 109 cm³/mol. The van der Waals surface area contributed by atoms with Crippen molar-refractivity contribution < 1.29 is 14.1 Å². The normalized spacial score (nSPS) is 10.4. The quantitative estimate of drug-likeness (QED) is 0.444. The third kappa shape index (κ3) is 5.87. The fourth-order valence-electron chi connectivity index (χ4n) is 2.81. The maximum Gasteiger partial charge on any atom is 0.269 e. The zero-order valence-corrected chi connectivity index (χ0v) is 15.6. The highest BCUT2D eigenvalue weighted by atomic mass is 19.1. The van der Waals surface area contributed by atoms with Crippen LogP contribution in [0, 0.1) is 15.9 Å². The van der Waals surface area contributed by atoms with Crippen molar-refractivity contribution in [3.8, 4) is 0 Å². The van der Waals surface area contributed by atoms with Gasteiger partial charge >= 0.3 is 0 Å². The standard InChI is InChI=1S/C22H20FN3O3/c23-21-7-2-1-5-18(21)15-25-22(27)13-16-8-10-19(11-9-16)24-14-17-4-3-6-20(12-17)26(28)29/h1-12,24H,13-15H2,(H,25,27). The minimum atomic E-state index is -0.421. The zero-order chi connectivity index (χ0) is 20.6. The number of hydrogen-bond acceptors (Lipinski definition) is 4. The Balaban J connectivity index is 1.49. The van der Waals surface area contributed by atoms with Crippen LogP contribution in [0.2, 0.25) is 0 Å². The molecule has 1 amide bonds. The number of anilines is 1.